The Morgan fingerprint density at radius 2 is 1.68 bits per heavy atom. The largest absolute Gasteiger partial charge is 0.399 e. The van der Waals surface area contributed by atoms with Crippen molar-refractivity contribution in [3.63, 3.8) is 0 Å². The van der Waals surface area contributed by atoms with Crippen molar-refractivity contribution in [2.24, 2.45) is 5.73 Å². The van der Waals surface area contributed by atoms with Gasteiger partial charge in [0.25, 0.3) is 0 Å². The predicted molar refractivity (Wildman–Crippen MR) is 95.7 cm³/mol. The van der Waals surface area contributed by atoms with Crippen LogP contribution in [-0.2, 0) is 5.54 Å². The Hall–Kier alpha value is -2.13. The van der Waals surface area contributed by atoms with E-state index in [9.17, 15) is 0 Å². The fourth-order valence-corrected chi connectivity index (χ4v) is 3.06. The molecule has 22 heavy (non-hydrogen) atoms. The minimum Gasteiger partial charge on any atom is -0.399 e. The van der Waals surface area contributed by atoms with Crippen molar-refractivity contribution in [1.82, 2.24) is 5.32 Å². The molecule has 0 spiro atoms. The lowest BCUT2D eigenvalue weighted by molar-refractivity contribution is 0.539. The quantitative estimate of drug-likeness (QED) is 0.702. The maximum absolute atomic E-state index is 6.27. The summed E-state index contributed by atoms with van der Waals surface area (Å²) in [6.07, 6.45) is 0. The number of nitrogens with two attached hydrogens (primary N) is 2. The van der Waals surface area contributed by atoms with Crippen LogP contribution in [0.2, 0.25) is 0 Å². The molecule has 0 saturated heterocycles. The van der Waals surface area contributed by atoms with Gasteiger partial charge in [0.2, 0.25) is 0 Å². The number of hydrogen-bond donors (Lipinski definition) is 3. The summed E-state index contributed by atoms with van der Waals surface area (Å²) < 4.78 is 0. The zero-order valence-electron chi connectivity index (χ0n) is 13.1. The van der Waals surface area contributed by atoms with E-state index >= 15 is 0 Å². The van der Waals surface area contributed by atoms with Gasteiger partial charge < -0.3 is 16.8 Å². The molecule has 3 rings (SSSR count). The van der Waals surface area contributed by atoms with Crippen LogP contribution in [0.5, 0.6) is 0 Å². The zero-order valence-corrected chi connectivity index (χ0v) is 13.9. The fourth-order valence-electron chi connectivity index (χ4n) is 3.06. The summed E-state index contributed by atoms with van der Waals surface area (Å²) in [5.74, 6) is 0.673. The third-order valence-corrected chi connectivity index (χ3v) is 4.47. The summed E-state index contributed by atoms with van der Waals surface area (Å²) >= 11 is 0. The molecule has 1 unspecified atom stereocenters. The van der Waals surface area contributed by atoms with Gasteiger partial charge in [0.15, 0.2) is 0 Å². The SMILES string of the molecule is CC1=c2ccc(N)cc2=C(N)NC1(C)c1cccc(C)c1.Cl. The molecule has 0 bridgehead atoms. The van der Waals surface area contributed by atoms with Crippen LogP contribution in [0.15, 0.2) is 42.5 Å². The molecule has 116 valence electrons. The minimum absolute atomic E-state index is 0. The normalized spacial score (nSPS) is 20.0. The molecule has 0 aromatic heterocycles. The maximum Gasteiger partial charge on any atom is 0.105 e. The molecule has 0 aliphatic carbocycles. The summed E-state index contributed by atoms with van der Waals surface area (Å²) in [6, 6.07) is 14.4. The number of benzene rings is 2. The van der Waals surface area contributed by atoms with Crippen LogP contribution >= 0.6 is 12.4 Å². The highest BCUT2D eigenvalue weighted by Crippen LogP contribution is 2.31. The summed E-state index contributed by atoms with van der Waals surface area (Å²) in [5.41, 5.74) is 16.3. The number of fused-ring (bicyclic) bond motifs is 1. The Labute approximate surface area is 137 Å². The molecule has 0 saturated carbocycles. The van der Waals surface area contributed by atoms with Gasteiger partial charge >= 0.3 is 0 Å². The second kappa shape index (κ2) is 5.58. The number of anilines is 1. The number of rotatable bonds is 1. The molecular formula is C18H22ClN3. The molecule has 0 fully saturated rings. The average Bonchev–Trinajstić information content (AvgIpc) is 2.45. The van der Waals surface area contributed by atoms with Crippen LogP contribution in [0.1, 0.15) is 25.0 Å². The first-order valence-electron chi connectivity index (χ1n) is 7.14. The van der Waals surface area contributed by atoms with Gasteiger partial charge in [-0.25, -0.2) is 0 Å². The van der Waals surface area contributed by atoms with Gasteiger partial charge in [0, 0.05) is 10.9 Å². The third-order valence-electron chi connectivity index (χ3n) is 4.47. The van der Waals surface area contributed by atoms with Gasteiger partial charge in [-0.2, -0.15) is 0 Å². The van der Waals surface area contributed by atoms with Crippen molar-refractivity contribution >= 4 is 29.5 Å². The monoisotopic (exact) mass is 315 g/mol. The number of nitrogens with one attached hydrogen (secondary N) is 1. The number of hydrogen-bond acceptors (Lipinski definition) is 3. The lowest BCUT2D eigenvalue weighted by Crippen LogP contribution is -2.53. The van der Waals surface area contributed by atoms with E-state index < -0.39 is 0 Å². The third kappa shape index (κ3) is 2.42. The summed E-state index contributed by atoms with van der Waals surface area (Å²) in [5, 5.41) is 5.61. The average molecular weight is 316 g/mol. The lowest BCUT2D eigenvalue weighted by Gasteiger charge is -2.36. The first kappa shape index (κ1) is 16.2. The maximum atomic E-state index is 6.27. The van der Waals surface area contributed by atoms with Gasteiger partial charge in [-0.15, -0.1) is 12.4 Å². The van der Waals surface area contributed by atoms with Crippen LogP contribution in [0.3, 0.4) is 0 Å². The van der Waals surface area contributed by atoms with E-state index in [2.05, 4.69) is 56.4 Å². The number of nitrogen functional groups attached to an aromatic ring is 1. The predicted octanol–water partition coefficient (Wildman–Crippen LogP) is 1.71. The second-order valence-corrected chi connectivity index (χ2v) is 5.96. The Morgan fingerprint density at radius 1 is 0.955 bits per heavy atom. The van der Waals surface area contributed by atoms with Crippen molar-refractivity contribution in [3.05, 3.63) is 64.0 Å². The van der Waals surface area contributed by atoms with Crippen molar-refractivity contribution in [2.45, 2.75) is 26.3 Å². The van der Waals surface area contributed by atoms with Gasteiger partial charge in [-0.05, 0) is 49.3 Å². The van der Waals surface area contributed by atoms with E-state index in [1.54, 1.807) is 0 Å². The topological polar surface area (TPSA) is 64.1 Å². The van der Waals surface area contributed by atoms with Crippen molar-refractivity contribution < 1.29 is 0 Å². The van der Waals surface area contributed by atoms with Crippen LogP contribution in [-0.4, -0.2) is 0 Å². The van der Waals surface area contributed by atoms with E-state index in [1.807, 2.05) is 12.1 Å². The van der Waals surface area contributed by atoms with Gasteiger partial charge in [-0.3, -0.25) is 0 Å². The summed E-state index contributed by atoms with van der Waals surface area (Å²) in [7, 11) is 0. The van der Waals surface area contributed by atoms with Crippen LogP contribution in [0, 0.1) is 6.92 Å². The highest BCUT2D eigenvalue weighted by Gasteiger charge is 2.32. The Bertz CT molecular complexity index is 842. The molecule has 1 aliphatic heterocycles. The highest BCUT2D eigenvalue weighted by atomic mass is 35.5. The molecule has 4 heteroatoms. The molecule has 5 N–H and O–H groups in total. The standard InChI is InChI=1S/C18H21N3.ClH/c1-11-5-4-6-13(9-11)18(3)12(2)15-8-7-14(19)10-16(15)17(20)21-18;/h4-10,21H,19-20H2,1-3H3;1H. The van der Waals surface area contributed by atoms with Crippen LogP contribution in [0.25, 0.3) is 11.4 Å². The number of halogens is 1. The van der Waals surface area contributed by atoms with E-state index in [0.717, 1.165) is 16.1 Å². The van der Waals surface area contributed by atoms with Gasteiger partial charge in [0.05, 0.1) is 5.54 Å². The molecule has 1 heterocycles. The van der Waals surface area contributed by atoms with Crippen molar-refractivity contribution in [3.8, 4) is 0 Å². The molecule has 2 aromatic rings. The molecule has 3 nitrogen and oxygen atoms in total. The van der Waals surface area contributed by atoms with Crippen molar-refractivity contribution in [2.75, 3.05) is 5.73 Å². The van der Waals surface area contributed by atoms with Crippen LogP contribution in [0.4, 0.5) is 5.69 Å². The highest BCUT2D eigenvalue weighted by molar-refractivity contribution is 5.85. The molecule has 0 amide bonds. The Balaban J connectivity index is 0.00000176. The Morgan fingerprint density at radius 3 is 2.36 bits per heavy atom. The lowest BCUT2D eigenvalue weighted by atomic mass is 9.81. The molecular weight excluding hydrogens is 294 g/mol. The fraction of sp³-hybridized carbons (Fsp3) is 0.222. The van der Waals surface area contributed by atoms with Crippen LogP contribution < -0.4 is 27.2 Å². The van der Waals surface area contributed by atoms with E-state index in [0.29, 0.717) is 5.82 Å². The minimum atomic E-state index is -0.306. The van der Waals surface area contributed by atoms with E-state index in [4.69, 9.17) is 11.5 Å². The first-order chi connectivity index (χ1) is 9.91. The van der Waals surface area contributed by atoms with E-state index in [-0.39, 0.29) is 17.9 Å². The Kier molecular flexibility index (Phi) is 4.12. The zero-order chi connectivity index (χ0) is 15.2. The first-order valence-corrected chi connectivity index (χ1v) is 7.14. The summed E-state index contributed by atoms with van der Waals surface area (Å²) in [6.45, 7) is 6.42. The molecule has 1 atom stereocenters. The molecule has 1 aliphatic rings. The molecule has 2 aromatic carbocycles. The van der Waals surface area contributed by atoms with Gasteiger partial charge in [-0.1, -0.05) is 35.9 Å². The smallest absolute Gasteiger partial charge is 0.105 e. The summed E-state index contributed by atoms with van der Waals surface area (Å²) in [4.78, 5) is 0. The molecule has 0 radical (unpaired) electrons. The van der Waals surface area contributed by atoms with Gasteiger partial charge in [0.1, 0.15) is 5.82 Å². The second-order valence-electron chi connectivity index (χ2n) is 5.96. The van der Waals surface area contributed by atoms with Crippen molar-refractivity contribution in [1.29, 1.82) is 0 Å². The number of aryl methyl sites for hydroxylation is 1. The van der Waals surface area contributed by atoms with E-state index in [1.165, 1.54) is 16.7 Å².